The lowest BCUT2D eigenvalue weighted by molar-refractivity contribution is -0.274. The van der Waals surface area contributed by atoms with E-state index in [0.717, 1.165) is 12.1 Å². The number of nitrogens with zero attached hydrogens (tertiary/aromatic N) is 2. The van der Waals surface area contributed by atoms with Crippen LogP contribution in [0.4, 0.5) is 17.6 Å². The van der Waals surface area contributed by atoms with E-state index < -0.39 is 35.9 Å². The van der Waals surface area contributed by atoms with E-state index in [2.05, 4.69) is 20.0 Å². The van der Waals surface area contributed by atoms with E-state index in [9.17, 15) is 27.9 Å². The van der Waals surface area contributed by atoms with Crippen molar-refractivity contribution in [3.63, 3.8) is 0 Å². The van der Waals surface area contributed by atoms with Crippen molar-refractivity contribution < 1.29 is 42.2 Å². The molecular formula is C27H30F4N4O5. The van der Waals surface area contributed by atoms with Crippen LogP contribution >= 0.6 is 0 Å². The Morgan fingerprint density at radius 3 is 2.35 bits per heavy atom. The number of halogens is 4. The summed E-state index contributed by atoms with van der Waals surface area (Å²) in [6.07, 6.45) is -4.70. The first-order chi connectivity index (χ1) is 18.8. The number of alkyl halides is 4. The van der Waals surface area contributed by atoms with Gasteiger partial charge < -0.3 is 15.2 Å². The summed E-state index contributed by atoms with van der Waals surface area (Å²) in [4.78, 5) is 33.0. The number of hydrogen-bond donors (Lipinski definition) is 4. The maximum atomic E-state index is 15.2. The highest BCUT2D eigenvalue weighted by atomic mass is 19.4. The molecule has 3 atom stereocenters. The van der Waals surface area contributed by atoms with Crippen LogP contribution in [0.25, 0.3) is 11.0 Å². The predicted octanol–water partition coefficient (Wildman–Crippen LogP) is 4.27. The molecule has 0 spiro atoms. The molecule has 0 radical (unpaired) electrons. The van der Waals surface area contributed by atoms with Crippen molar-refractivity contribution in [2.75, 3.05) is 6.54 Å². The van der Waals surface area contributed by atoms with Gasteiger partial charge in [-0.15, -0.1) is 13.2 Å². The van der Waals surface area contributed by atoms with Crippen molar-refractivity contribution in [1.82, 2.24) is 20.8 Å². The van der Waals surface area contributed by atoms with Gasteiger partial charge in [-0.05, 0) is 68.9 Å². The summed E-state index contributed by atoms with van der Waals surface area (Å²) >= 11 is 0. The van der Waals surface area contributed by atoms with Gasteiger partial charge in [-0.25, -0.2) is 14.9 Å². The average molecular weight is 567 g/mol. The molecule has 216 valence electrons. The van der Waals surface area contributed by atoms with Crippen LogP contribution in [0.2, 0.25) is 0 Å². The first-order valence-electron chi connectivity index (χ1n) is 12.5. The molecule has 4 N–H and O–H groups in total. The number of aliphatic hydroxyl groups is 1. The fraction of sp³-hybridized carbons (Fsp3) is 0.407. The molecule has 40 heavy (non-hydrogen) atoms. The first kappa shape index (κ1) is 30.7. The number of hydroxylamine groups is 1. The third kappa shape index (κ3) is 9.72. The van der Waals surface area contributed by atoms with Gasteiger partial charge in [0, 0.05) is 12.5 Å². The molecule has 0 saturated heterocycles. The van der Waals surface area contributed by atoms with Crippen LogP contribution in [-0.2, 0) is 11.2 Å². The van der Waals surface area contributed by atoms with Gasteiger partial charge in [0.05, 0.1) is 23.3 Å². The number of aliphatic hydroxyl groups excluding tert-OH is 1. The van der Waals surface area contributed by atoms with Gasteiger partial charge in [0.15, 0.2) is 0 Å². The lowest BCUT2D eigenvalue weighted by atomic mass is 9.87. The summed E-state index contributed by atoms with van der Waals surface area (Å²) in [5.41, 5.74) is 1.57. The van der Waals surface area contributed by atoms with Crippen LogP contribution in [0.3, 0.4) is 0 Å². The van der Waals surface area contributed by atoms with Crippen LogP contribution in [0, 0.1) is 5.92 Å². The second kappa shape index (κ2) is 13.5. The lowest BCUT2D eigenvalue weighted by Crippen LogP contribution is -2.37. The van der Waals surface area contributed by atoms with E-state index in [-0.39, 0.29) is 50.1 Å². The van der Waals surface area contributed by atoms with E-state index in [1.54, 1.807) is 24.3 Å². The Morgan fingerprint density at radius 1 is 1.02 bits per heavy atom. The molecule has 0 aliphatic heterocycles. The second-order valence-electron chi connectivity index (χ2n) is 9.66. The standard InChI is InChI=1S/C27H30F4N4O5/c1-26(28,12-10-17-6-8-20(9-7-17)40-27(29,30)31)13-11-18(24(37)35-39)14-19(36)15-33-25(38)23-16-32-21-4-2-3-5-22(21)34-23/h2-9,16,18-19,36,39H,10-15H2,1H3,(H,33,38)(H,35,37). The number of rotatable bonds is 13. The average Bonchev–Trinajstić information content (AvgIpc) is 2.92. The fourth-order valence-electron chi connectivity index (χ4n) is 4.09. The van der Waals surface area contributed by atoms with E-state index in [0.29, 0.717) is 16.6 Å². The summed E-state index contributed by atoms with van der Waals surface area (Å²) < 4.78 is 55.9. The Hall–Kier alpha value is -3.84. The predicted molar refractivity (Wildman–Crippen MR) is 136 cm³/mol. The number of fused-ring (bicyclic) bond motifs is 1. The highest BCUT2D eigenvalue weighted by molar-refractivity contribution is 5.93. The summed E-state index contributed by atoms with van der Waals surface area (Å²) in [6.45, 7) is 1.12. The van der Waals surface area contributed by atoms with Crippen molar-refractivity contribution in [3.8, 4) is 5.75 Å². The minimum Gasteiger partial charge on any atom is -0.406 e. The van der Waals surface area contributed by atoms with Crippen molar-refractivity contribution in [1.29, 1.82) is 0 Å². The molecule has 1 aromatic heterocycles. The minimum atomic E-state index is -4.80. The number of ether oxygens (including phenoxy) is 1. The minimum absolute atomic E-state index is 0.0150. The molecule has 2 amide bonds. The van der Waals surface area contributed by atoms with Crippen molar-refractivity contribution in [3.05, 3.63) is 66.0 Å². The number of carbonyl (C=O) groups excluding carboxylic acids is 2. The number of para-hydroxylation sites is 2. The number of aryl methyl sites for hydroxylation is 1. The van der Waals surface area contributed by atoms with Crippen LogP contribution < -0.4 is 15.5 Å². The number of nitrogens with one attached hydrogen (secondary N) is 2. The van der Waals surface area contributed by atoms with Gasteiger partial charge in [0.25, 0.3) is 5.91 Å². The summed E-state index contributed by atoms with van der Waals surface area (Å²) in [5.74, 6) is -2.71. The Kier molecular flexibility index (Phi) is 10.3. The normalized spacial score (nSPS) is 14.7. The molecular weight excluding hydrogens is 536 g/mol. The van der Waals surface area contributed by atoms with Crippen LogP contribution in [0.15, 0.2) is 54.7 Å². The SMILES string of the molecule is CC(F)(CCc1ccc(OC(F)(F)F)cc1)CCC(CC(O)CNC(=O)c1cnc2ccccc2n1)C(=O)NO. The summed E-state index contributed by atoms with van der Waals surface area (Å²) in [7, 11) is 0. The number of amides is 2. The molecule has 0 saturated carbocycles. The molecule has 0 fully saturated rings. The highest BCUT2D eigenvalue weighted by Gasteiger charge is 2.31. The molecule has 0 aliphatic rings. The maximum Gasteiger partial charge on any atom is 0.573 e. The van der Waals surface area contributed by atoms with Crippen molar-refractivity contribution in [2.24, 2.45) is 5.92 Å². The van der Waals surface area contributed by atoms with Gasteiger partial charge in [0.1, 0.15) is 17.1 Å². The molecule has 3 unspecified atom stereocenters. The number of carbonyl (C=O) groups is 2. The van der Waals surface area contributed by atoms with Gasteiger partial charge in [-0.3, -0.25) is 19.8 Å². The summed E-state index contributed by atoms with van der Waals surface area (Å²) in [5, 5.41) is 22.0. The molecule has 0 bridgehead atoms. The Balaban J connectivity index is 1.48. The zero-order chi connectivity index (χ0) is 29.3. The van der Waals surface area contributed by atoms with Crippen LogP contribution in [0.1, 0.15) is 48.7 Å². The van der Waals surface area contributed by atoms with Crippen molar-refractivity contribution in [2.45, 2.75) is 57.2 Å². The zero-order valence-electron chi connectivity index (χ0n) is 21.6. The number of aromatic nitrogens is 2. The molecule has 0 aliphatic carbocycles. The molecule has 3 rings (SSSR count). The quantitative estimate of drug-likeness (QED) is 0.138. The molecule has 13 heteroatoms. The van der Waals surface area contributed by atoms with Gasteiger partial charge >= 0.3 is 6.36 Å². The lowest BCUT2D eigenvalue weighted by Gasteiger charge is -2.24. The van der Waals surface area contributed by atoms with Crippen LogP contribution in [0.5, 0.6) is 5.75 Å². The second-order valence-corrected chi connectivity index (χ2v) is 9.66. The maximum absolute atomic E-state index is 15.2. The van der Waals surface area contributed by atoms with Gasteiger partial charge in [-0.1, -0.05) is 24.3 Å². The van der Waals surface area contributed by atoms with Gasteiger partial charge in [-0.2, -0.15) is 0 Å². The van der Waals surface area contributed by atoms with Crippen molar-refractivity contribution >= 4 is 22.8 Å². The smallest absolute Gasteiger partial charge is 0.406 e. The van der Waals surface area contributed by atoms with E-state index >= 15 is 4.39 Å². The highest BCUT2D eigenvalue weighted by Crippen LogP contribution is 2.29. The van der Waals surface area contributed by atoms with E-state index in [1.165, 1.54) is 30.7 Å². The first-order valence-corrected chi connectivity index (χ1v) is 12.5. The fourth-order valence-corrected chi connectivity index (χ4v) is 4.09. The Morgan fingerprint density at radius 2 is 1.70 bits per heavy atom. The van der Waals surface area contributed by atoms with Crippen LogP contribution in [-0.4, -0.2) is 56.8 Å². The molecule has 3 aromatic rings. The monoisotopic (exact) mass is 566 g/mol. The Bertz CT molecular complexity index is 1290. The molecule has 2 aromatic carbocycles. The largest absolute Gasteiger partial charge is 0.573 e. The summed E-state index contributed by atoms with van der Waals surface area (Å²) in [6, 6.07) is 12.1. The topological polar surface area (TPSA) is 134 Å². The molecule has 1 heterocycles. The Labute approximate surface area is 227 Å². The zero-order valence-corrected chi connectivity index (χ0v) is 21.6. The number of benzene rings is 2. The number of hydrogen-bond acceptors (Lipinski definition) is 7. The molecule has 9 nitrogen and oxygen atoms in total. The van der Waals surface area contributed by atoms with Gasteiger partial charge in [0.2, 0.25) is 5.91 Å². The third-order valence-electron chi connectivity index (χ3n) is 6.32. The van der Waals surface area contributed by atoms with E-state index in [1.807, 2.05) is 0 Å². The van der Waals surface area contributed by atoms with E-state index in [4.69, 9.17) is 5.21 Å². The third-order valence-corrected chi connectivity index (χ3v) is 6.32.